The van der Waals surface area contributed by atoms with Gasteiger partial charge in [-0.05, 0) is 29.6 Å². The summed E-state index contributed by atoms with van der Waals surface area (Å²) in [6, 6.07) is 9.78. The average Bonchev–Trinajstić information content (AvgIpc) is 3.23. The van der Waals surface area contributed by atoms with Crippen molar-refractivity contribution in [3.8, 4) is 22.2 Å². The summed E-state index contributed by atoms with van der Waals surface area (Å²) in [7, 11) is 3.32. The van der Waals surface area contributed by atoms with E-state index in [2.05, 4.69) is 15.2 Å². The van der Waals surface area contributed by atoms with E-state index in [-0.39, 0.29) is 0 Å². The van der Waals surface area contributed by atoms with Gasteiger partial charge in [0.15, 0.2) is 5.82 Å². The Kier molecular flexibility index (Phi) is 4.65. The lowest BCUT2D eigenvalue weighted by molar-refractivity contribution is 0.400. The van der Waals surface area contributed by atoms with E-state index < -0.39 is 0 Å². The van der Waals surface area contributed by atoms with Crippen LogP contribution in [0.3, 0.4) is 0 Å². The van der Waals surface area contributed by atoms with Gasteiger partial charge in [-0.2, -0.15) is 0 Å². The highest BCUT2D eigenvalue weighted by atomic mass is 32.2. The van der Waals surface area contributed by atoms with E-state index in [1.54, 1.807) is 37.3 Å². The van der Waals surface area contributed by atoms with Crippen LogP contribution in [-0.2, 0) is 5.75 Å². The Morgan fingerprint density at radius 1 is 1.23 bits per heavy atom. The molecule has 2 aromatic heterocycles. The number of nitrogens with one attached hydrogen (secondary N) is 1. The number of ether oxygens (including phenoxy) is 2. The second kappa shape index (κ2) is 6.85. The molecule has 0 saturated heterocycles. The smallest absolute Gasteiger partial charge is 0.209 e. The summed E-state index contributed by atoms with van der Waals surface area (Å²) in [5.74, 6) is 3.16. The van der Waals surface area contributed by atoms with Crippen molar-refractivity contribution in [2.75, 3.05) is 14.2 Å². The number of nitrogens with zero attached hydrogens (tertiary/aromatic N) is 2. The van der Waals surface area contributed by atoms with Crippen molar-refractivity contribution in [1.29, 1.82) is 0 Å². The van der Waals surface area contributed by atoms with E-state index >= 15 is 0 Å². The van der Waals surface area contributed by atoms with Gasteiger partial charge in [-0.1, -0.05) is 17.8 Å². The van der Waals surface area contributed by atoms with Crippen LogP contribution in [0.15, 0.2) is 40.9 Å². The molecule has 5 nitrogen and oxygen atoms in total. The molecule has 0 atom stereocenters. The van der Waals surface area contributed by atoms with Crippen molar-refractivity contribution >= 4 is 23.1 Å². The third-order valence-electron chi connectivity index (χ3n) is 3.06. The molecule has 1 aromatic carbocycles. The van der Waals surface area contributed by atoms with E-state index in [0.717, 1.165) is 27.8 Å². The molecule has 3 aromatic rings. The standard InChI is InChI=1S/C15H15N3O2S2/c1-19-11-5-6-12(20-2)10(8-11)9-22-15-16-14(17-18-15)13-4-3-7-21-13/h3-8H,9H2,1-2H3,(H,16,17,18). The first-order valence-electron chi connectivity index (χ1n) is 6.60. The Hall–Kier alpha value is -1.99. The molecule has 0 spiro atoms. The zero-order valence-electron chi connectivity index (χ0n) is 12.2. The lowest BCUT2D eigenvalue weighted by Gasteiger charge is -2.09. The number of H-pyrrole nitrogens is 1. The molecule has 114 valence electrons. The van der Waals surface area contributed by atoms with Crippen molar-refractivity contribution in [2.45, 2.75) is 10.9 Å². The minimum absolute atomic E-state index is 0.710. The van der Waals surface area contributed by atoms with Crippen LogP contribution in [0.2, 0.25) is 0 Å². The zero-order valence-corrected chi connectivity index (χ0v) is 13.8. The van der Waals surface area contributed by atoms with E-state index in [1.165, 1.54) is 0 Å². The minimum Gasteiger partial charge on any atom is -0.497 e. The first-order valence-corrected chi connectivity index (χ1v) is 8.46. The number of benzene rings is 1. The van der Waals surface area contributed by atoms with Crippen molar-refractivity contribution < 1.29 is 9.47 Å². The molecule has 0 aliphatic heterocycles. The van der Waals surface area contributed by atoms with Gasteiger partial charge in [0.05, 0.1) is 19.1 Å². The van der Waals surface area contributed by atoms with Gasteiger partial charge in [0.1, 0.15) is 11.5 Å². The summed E-state index contributed by atoms with van der Waals surface area (Å²) in [6.45, 7) is 0. The Morgan fingerprint density at radius 2 is 2.14 bits per heavy atom. The van der Waals surface area contributed by atoms with E-state index in [4.69, 9.17) is 9.47 Å². The molecule has 0 amide bonds. The maximum atomic E-state index is 5.38. The molecular weight excluding hydrogens is 318 g/mol. The number of rotatable bonds is 6. The lowest BCUT2D eigenvalue weighted by Crippen LogP contribution is -1.92. The topological polar surface area (TPSA) is 60.0 Å². The summed E-state index contributed by atoms with van der Waals surface area (Å²) in [5.41, 5.74) is 1.05. The van der Waals surface area contributed by atoms with Gasteiger partial charge in [0, 0.05) is 11.3 Å². The molecule has 0 bridgehead atoms. The van der Waals surface area contributed by atoms with Crippen LogP contribution in [0.1, 0.15) is 5.56 Å². The minimum atomic E-state index is 0.710. The molecule has 1 N–H and O–H groups in total. The van der Waals surface area contributed by atoms with E-state index in [9.17, 15) is 0 Å². The Balaban J connectivity index is 1.72. The monoisotopic (exact) mass is 333 g/mol. The molecule has 2 heterocycles. The molecule has 0 unspecified atom stereocenters. The van der Waals surface area contributed by atoms with E-state index in [1.807, 2.05) is 35.7 Å². The van der Waals surface area contributed by atoms with Gasteiger partial charge in [-0.3, -0.25) is 5.10 Å². The second-order valence-corrected chi connectivity index (χ2v) is 6.30. The van der Waals surface area contributed by atoms with Gasteiger partial charge >= 0.3 is 0 Å². The van der Waals surface area contributed by atoms with Crippen molar-refractivity contribution in [1.82, 2.24) is 15.2 Å². The predicted octanol–water partition coefficient (Wildman–Crippen LogP) is 3.84. The number of aromatic nitrogens is 3. The Bertz CT molecular complexity index is 741. The predicted molar refractivity (Wildman–Crippen MR) is 88.8 cm³/mol. The fraction of sp³-hybridized carbons (Fsp3) is 0.200. The quantitative estimate of drug-likeness (QED) is 0.695. The van der Waals surface area contributed by atoms with Gasteiger partial charge < -0.3 is 9.47 Å². The third-order valence-corrected chi connectivity index (χ3v) is 4.84. The van der Waals surface area contributed by atoms with Crippen LogP contribution in [-0.4, -0.2) is 29.4 Å². The molecule has 0 aliphatic carbocycles. The summed E-state index contributed by atoms with van der Waals surface area (Å²) < 4.78 is 10.6. The number of methoxy groups -OCH3 is 2. The molecule has 0 aliphatic rings. The average molecular weight is 333 g/mol. The zero-order chi connectivity index (χ0) is 15.4. The maximum Gasteiger partial charge on any atom is 0.209 e. The molecular formula is C15H15N3O2S2. The number of thiophene rings is 1. The first-order chi connectivity index (χ1) is 10.8. The summed E-state index contributed by atoms with van der Waals surface area (Å²) in [5, 5.41) is 9.95. The lowest BCUT2D eigenvalue weighted by atomic mass is 10.2. The van der Waals surface area contributed by atoms with Crippen molar-refractivity contribution in [2.24, 2.45) is 0 Å². The van der Waals surface area contributed by atoms with Gasteiger partial charge in [0.25, 0.3) is 0 Å². The fourth-order valence-corrected chi connectivity index (χ4v) is 3.41. The van der Waals surface area contributed by atoms with Crippen LogP contribution in [0.25, 0.3) is 10.7 Å². The van der Waals surface area contributed by atoms with Crippen LogP contribution in [0, 0.1) is 0 Å². The summed E-state index contributed by atoms with van der Waals surface area (Å²) in [4.78, 5) is 5.58. The second-order valence-electron chi connectivity index (χ2n) is 4.41. The number of thioether (sulfide) groups is 1. The number of aromatic amines is 1. The molecule has 3 rings (SSSR count). The normalized spacial score (nSPS) is 10.6. The van der Waals surface area contributed by atoms with Crippen LogP contribution in [0.4, 0.5) is 0 Å². The Labute approximate surface area is 136 Å². The summed E-state index contributed by atoms with van der Waals surface area (Å²) in [6.07, 6.45) is 0. The van der Waals surface area contributed by atoms with E-state index in [0.29, 0.717) is 10.9 Å². The van der Waals surface area contributed by atoms with Crippen LogP contribution < -0.4 is 9.47 Å². The fourth-order valence-electron chi connectivity index (χ4n) is 1.97. The largest absolute Gasteiger partial charge is 0.497 e. The number of hydrogen-bond acceptors (Lipinski definition) is 6. The number of hydrogen-bond donors (Lipinski definition) is 1. The molecule has 22 heavy (non-hydrogen) atoms. The van der Waals surface area contributed by atoms with Gasteiger partial charge in [-0.25, -0.2) is 4.98 Å². The highest BCUT2D eigenvalue weighted by molar-refractivity contribution is 7.98. The maximum absolute atomic E-state index is 5.38. The van der Waals surface area contributed by atoms with Crippen molar-refractivity contribution in [3.63, 3.8) is 0 Å². The molecule has 0 saturated carbocycles. The highest BCUT2D eigenvalue weighted by Crippen LogP contribution is 2.30. The van der Waals surface area contributed by atoms with Crippen LogP contribution in [0.5, 0.6) is 11.5 Å². The van der Waals surface area contributed by atoms with Gasteiger partial charge in [-0.15, -0.1) is 16.4 Å². The summed E-state index contributed by atoms with van der Waals surface area (Å²) >= 11 is 3.19. The van der Waals surface area contributed by atoms with Crippen LogP contribution >= 0.6 is 23.1 Å². The first kappa shape index (κ1) is 14.9. The van der Waals surface area contributed by atoms with Gasteiger partial charge in [0.2, 0.25) is 5.16 Å². The SMILES string of the molecule is COc1ccc(OC)c(CSc2n[nH]c(-c3cccs3)n2)c1. The van der Waals surface area contributed by atoms with Crippen molar-refractivity contribution in [3.05, 3.63) is 41.3 Å². The molecule has 0 fully saturated rings. The molecule has 0 radical (unpaired) electrons. The highest BCUT2D eigenvalue weighted by Gasteiger charge is 2.10. The Morgan fingerprint density at radius 3 is 2.86 bits per heavy atom. The molecule has 7 heteroatoms. The third kappa shape index (κ3) is 3.26.